The van der Waals surface area contributed by atoms with Crippen molar-refractivity contribution in [3.8, 4) is 0 Å². The Labute approximate surface area is 106 Å². The minimum atomic E-state index is 0. The van der Waals surface area contributed by atoms with Crippen LogP contribution in [0.2, 0.25) is 0 Å². The number of ether oxygens (including phenoxy) is 2. The van der Waals surface area contributed by atoms with Gasteiger partial charge in [-0.3, -0.25) is 0 Å². The summed E-state index contributed by atoms with van der Waals surface area (Å²) in [6.07, 6.45) is 2.28. The number of rotatable bonds is 5. The van der Waals surface area contributed by atoms with Crippen LogP contribution in [-0.4, -0.2) is 50.9 Å². The van der Waals surface area contributed by atoms with Gasteiger partial charge >= 0.3 is 18.9 Å². The molecule has 0 aromatic rings. The van der Waals surface area contributed by atoms with Gasteiger partial charge in [0.25, 0.3) is 0 Å². The van der Waals surface area contributed by atoms with Gasteiger partial charge in [-0.25, -0.2) is 0 Å². The Bertz CT molecular complexity index is 59.4. The molecule has 0 saturated carbocycles. The third kappa shape index (κ3) is 75.5. The van der Waals surface area contributed by atoms with E-state index in [9.17, 15) is 0 Å². The summed E-state index contributed by atoms with van der Waals surface area (Å²) in [5.74, 6) is 0. The molecule has 0 spiro atoms. The molecular formula is C10H25LiO4. The molecule has 0 heterocycles. The van der Waals surface area contributed by atoms with Crippen LogP contribution in [0.5, 0.6) is 0 Å². The summed E-state index contributed by atoms with van der Waals surface area (Å²) in [7, 11) is 3.25. The van der Waals surface area contributed by atoms with E-state index in [0.717, 1.165) is 6.42 Å². The number of hydrogen-bond acceptors (Lipinski definition) is 4. The van der Waals surface area contributed by atoms with Gasteiger partial charge in [-0.1, -0.05) is 13.3 Å². The van der Waals surface area contributed by atoms with Gasteiger partial charge in [0.05, 0.1) is 26.4 Å². The van der Waals surface area contributed by atoms with E-state index in [1.54, 1.807) is 14.2 Å². The summed E-state index contributed by atoms with van der Waals surface area (Å²) >= 11 is 0. The zero-order valence-corrected chi connectivity index (χ0v) is 10.7. The number of methoxy groups -OCH3 is 1. The van der Waals surface area contributed by atoms with Gasteiger partial charge in [0.15, 0.2) is 0 Å². The standard InChI is InChI=1S/C4H10O3.C4H9.C2H6O.Li/c5-1-3-7-4-2-6;1-3-4-2;1-3-2;/h5-6H,1-4H2;1,3-4H2,2H3;1-2H3;/q;-1;;+1. The maximum atomic E-state index is 8.09. The van der Waals surface area contributed by atoms with Crippen molar-refractivity contribution in [3.63, 3.8) is 0 Å². The fourth-order valence-corrected chi connectivity index (χ4v) is 0.231. The van der Waals surface area contributed by atoms with Crippen molar-refractivity contribution in [3.05, 3.63) is 6.92 Å². The van der Waals surface area contributed by atoms with Crippen LogP contribution >= 0.6 is 0 Å². The van der Waals surface area contributed by atoms with Crippen LogP contribution in [0.1, 0.15) is 19.8 Å². The normalized spacial score (nSPS) is 7.60. The zero-order valence-electron chi connectivity index (χ0n) is 10.7. The fourth-order valence-electron chi connectivity index (χ4n) is 0.231. The SMILES string of the molecule is COC.OCCOCCO.[CH2-]CCC.[Li+]. The van der Waals surface area contributed by atoms with E-state index in [1.165, 1.54) is 6.42 Å². The average molecular weight is 216 g/mol. The van der Waals surface area contributed by atoms with Crippen molar-refractivity contribution >= 4 is 0 Å². The van der Waals surface area contributed by atoms with Crippen LogP contribution in [0.3, 0.4) is 0 Å². The number of unbranched alkanes of at least 4 members (excludes halogenated alkanes) is 1. The molecular weight excluding hydrogens is 191 g/mol. The summed E-state index contributed by atoms with van der Waals surface area (Å²) < 4.78 is 8.88. The summed E-state index contributed by atoms with van der Waals surface area (Å²) in [5.41, 5.74) is 0. The molecule has 0 aromatic heterocycles. The van der Waals surface area contributed by atoms with Gasteiger partial charge in [0.2, 0.25) is 0 Å². The molecule has 0 unspecified atom stereocenters. The van der Waals surface area contributed by atoms with E-state index < -0.39 is 0 Å². The third-order valence-corrected chi connectivity index (χ3v) is 0.825. The maximum absolute atomic E-state index is 8.09. The fraction of sp³-hybridized carbons (Fsp3) is 0.900. The molecule has 5 heteroatoms. The Hall–Kier alpha value is 0.437. The van der Waals surface area contributed by atoms with E-state index >= 15 is 0 Å². The largest absolute Gasteiger partial charge is 1.00 e. The topological polar surface area (TPSA) is 58.9 Å². The molecule has 90 valence electrons. The smallest absolute Gasteiger partial charge is 0.394 e. The van der Waals surface area contributed by atoms with Gasteiger partial charge in [-0.05, 0) is 0 Å². The molecule has 0 aliphatic rings. The molecule has 0 saturated heterocycles. The zero-order chi connectivity index (χ0) is 11.7. The molecule has 0 radical (unpaired) electrons. The second-order valence-electron chi connectivity index (χ2n) is 2.32. The van der Waals surface area contributed by atoms with Crippen LogP contribution in [0.4, 0.5) is 0 Å². The molecule has 0 aliphatic carbocycles. The maximum Gasteiger partial charge on any atom is 1.00 e. The van der Waals surface area contributed by atoms with Gasteiger partial charge in [-0.2, -0.15) is 6.42 Å². The Kier molecular flexibility index (Phi) is 60.0. The first-order valence-corrected chi connectivity index (χ1v) is 4.73. The molecule has 0 rings (SSSR count). The minimum Gasteiger partial charge on any atom is -0.394 e. The van der Waals surface area contributed by atoms with Crippen molar-refractivity contribution in [2.24, 2.45) is 0 Å². The molecule has 0 fully saturated rings. The van der Waals surface area contributed by atoms with Crippen molar-refractivity contribution in [2.45, 2.75) is 19.8 Å². The van der Waals surface area contributed by atoms with Gasteiger partial charge in [-0.15, -0.1) is 0 Å². The van der Waals surface area contributed by atoms with Crippen LogP contribution in [0, 0.1) is 6.92 Å². The van der Waals surface area contributed by atoms with Crippen molar-refractivity contribution in [1.82, 2.24) is 0 Å². The molecule has 15 heavy (non-hydrogen) atoms. The Morgan fingerprint density at radius 3 is 1.47 bits per heavy atom. The monoisotopic (exact) mass is 216 g/mol. The molecule has 0 aromatic carbocycles. The Balaban J connectivity index is -0.0000000654. The van der Waals surface area contributed by atoms with Gasteiger partial charge < -0.3 is 26.6 Å². The quantitative estimate of drug-likeness (QED) is 0.313. The summed E-state index contributed by atoms with van der Waals surface area (Å²) in [6, 6.07) is 0. The van der Waals surface area contributed by atoms with Crippen LogP contribution < -0.4 is 18.9 Å². The van der Waals surface area contributed by atoms with Crippen LogP contribution in [0.25, 0.3) is 0 Å². The van der Waals surface area contributed by atoms with E-state index in [2.05, 4.69) is 23.3 Å². The molecule has 0 amide bonds. The second kappa shape index (κ2) is 36.6. The summed E-state index contributed by atoms with van der Waals surface area (Å²) in [4.78, 5) is 0. The van der Waals surface area contributed by atoms with E-state index in [0.29, 0.717) is 13.2 Å². The average Bonchev–Trinajstić information content (AvgIpc) is 2.20. The third-order valence-electron chi connectivity index (χ3n) is 0.825. The van der Waals surface area contributed by atoms with Crippen molar-refractivity contribution in [1.29, 1.82) is 0 Å². The van der Waals surface area contributed by atoms with Gasteiger partial charge in [0, 0.05) is 14.2 Å². The molecule has 0 bridgehead atoms. The predicted molar refractivity (Wildman–Crippen MR) is 58.2 cm³/mol. The first-order valence-electron chi connectivity index (χ1n) is 4.73. The van der Waals surface area contributed by atoms with E-state index in [4.69, 9.17) is 10.2 Å². The van der Waals surface area contributed by atoms with Crippen molar-refractivity contribution in [2.75, 3.05) is 40.6 Å². The number of aliphatic hydroxyl groups is 2. The molecule has 0 atom stereocenters. The second-order valence-corrected chi connectivity index (χ2v) is 2.32. The first-order chi connectivity index (χ1) is 6.74. The summed E-state index contributed by atoms with van der Waals surface area (Å²) in [6.45, 7) is 6.42. The Morgan fingerprint density at radius 2 is 1.33 bits per heavy atom. The van der Waals surface area contributed by atoms with Crippen LogP contribution in [-0.2, 0) is 9.47 Å². The van der Waals surface area contributed by atoms with E-state index in [-0.39, 0.29) is 32.1 Å². The van der Waals surface area contributed by atoms with E-state index in [1.807, 2.05) is 0 Å². The molecule has 2 N–H and O–H groups in total. The predicted octanol–water partition coefficient (Wildman–Crippen LogP) is -2.13. The number of hydrogen-bond donors (Lipinski definition) is 2. The first kappa shape index (κ1) is 24.6. The van der Waals surface area contributed by atoms with Crippen LogP contribution in [0.15, 0.2) is 0 Å². The Morgan fingerprint density at radius 1 is 1.07 bits per heavy atom. The number of aliphatic hydroxyl groups excluding tert-OH is 2. The molecule has 0 aliphatic heterocycles. The van der Waals surface area contributed by atoms with Crippen molar-refractivity contribution < 1.29 is 38.5 Å². The van der Waals surface area contributed by atoms with Gasteiger partial charge in [0.1, 0.15) is 0 Å². The molecule has 4 nitrogen and oxygen atoms in total. The minimum absolute atomic E-state index is 0. The summed E-state index contributed by atoms with van der Waals surface area (Å²) in [5, 5.41) is 16.2.